The Morgan fingerprint density at radius 1 is 1.21 bits per heavy atom. The molecule has 4 heteroatoms. The maximum absolute atomic E-state index is 5.75. The van der Waals surface area contributed by atoms with Gasteiger partial charge in [0.25, 0.3) is 0 Å². The van der Waals surface area contributed by atoms with E-state index in [9.17, 15) is 0 Å². The fourth-order valence-corrected chi connectivity index (χ4v) is 2.07. The van der Waals surface area contributed by atoms with E-state index < -0.39 is 0 Å². The van der Waals surface area contributed by atoms with Gasteiger partial charge in [0.15, 0.2) is 0 Å². The third-order valence-electron chi connectivity index (χ3n) is 3.23. The van der Waals surface area contributed by atoms with Crippen molar-refractivity contribution in [3.8, 4) is 5.75 Å². The second-order valence-corrected chi connectivity index (χ2v) is 4.74. The molecule has 3 rings (SSSR count). The van der Waals surface area contributed by atoms with Gasteiger partial charge < -0.3 is 10.1 Å². The van der Waals surface area contributed by atoms with Crippen molar-refractivity contribution in [2.24, 2.45) is 0 Å². The van der Waals surface area contributed by atoms with Crippen LogP contribution in [-0.4, -0.2) is 23.1 Å². The third kappa shape index (κ3) is 2.90. The highest BCUT2D eigenvalue weighted by Crippen LogP contribution is 2.28. The molecule has 0 bridgehead atoms. The molecule has 1 aromatic carbocycles. The number of rotatable bonds is 5. The number of nitrogens with zero attached hydrogens (tertiary/aromatic N) is 2. The van der Waals surface area contributed by atoms with Gasteiger partial charge in [-0.15, -0.1) is 0 Å². The molecule has 1 fully saturated rings. The molecule has 0 radical (unpaired) electrons. The van der Waals surface area contributed by atoms with Crippen molar-refractivity contribution in [2.75, 3.05) is 7.05 Å². The molecule has 1 aliphatic rings. The first-order chi connectivity index (χ1) is 9.36. The van der Waals surface area contributed by atoms with Gasteiger partial charge in [0.1, 0.15) is 12.1 Å². The third-order valence-corrected chi connectivity index (χ3v) is 3.23. The molecule has 0 spiro atoms. The minimum absolute atomic E-state index is 0.0815. The van der Waals surface area contributed by atoms with Gasteiger partial charge in [-0.3, -0.25) is 0 Å². The van der Waals surface area contributed by atoms with E-state index in [2.05, 4.69) is 27.4 Å². The Bertz CT molecular complexity index is 523. The fraction of sp³-hybridized carbons (Fsp3) is 0.333. The summed E-state index contributed by atoms with van der Waals surface area (Å²) in [5, 5.41) is 3.28. The van der Waals surface area contributed by atoms with Crippen molar-refractivity contribution in [3.63, 3.8) is 0 Å². The summed E-state index contributed by atoms with van der Waals surface area (Å²) in [6.45, 7) is 0. The maximum atomic E-state index is 5.75. The number of ether oxygens (including phenoxy) is 1. The van der Waals surface area contributed by atoms with E-state index in [0.717, 1.165) is 11.4 Å². The van der Waals surface area contributed by atoms with Crippen molar-refractivity contribution in [2.45, 2.75) is 25.0 Å². The molecule has 1 saturated carbocycles. The van der Waals surface area contributed by atoms with Crippen LogP contribution in [-0.2, 0) is 0 Å². The van der Waals surface area contributed by atoms with Crippen LogP contribution in [0.25, 0.3) is 0 Å². The van der Waals surface area contributed by atoms with Crippen LogP contribution in [0.2, 0.25) is 0 Å². The number of hydrogen-bond donors (Lipinski definition) is 1. The highest BCUT2D eigenvalue weighted by atomic mass is 16.5. The van der Waals surface area contributed by atoms with Gasteiger partial charge in [0, 0.05) is 6.20 Å². The van der Waals surface area contributed by atoms with Gasteiger partial charge >= 0.3 is 0 Å². The molecule has 4 nitrogen and oxygen atoms in total. The van der Waals surface area contributed by atoms with Crippen LogP contribution in [0, 0.1) is 0 Å². The zero-order valence-corrected chi connectivity index (χ0v) is 10.9. The molecule has 0 saturated heterocycles. The summed E-state index contributed by atoms with van der Waals surface area (Å²) in [7, 11) is 1.93. The molecular weight excluding hydrogens is 238 g/mol. The van der Waals surface area contributed by atoms with Gasteiger partial charge in [0.05, 0.1) is 17.8 Å². The van der Waals surface area contributed by atoms with Gasteiger partial charge in [-0.05, 0) is 43.7 Å². The average Bonchev–Trinajstić information content (AvgIpc) is 3.27. The van der Waals surface area contributed by atoms with Crippen LogP contribution in [0.1, 0.15) is 30.1 Å². The van der Waals surface area contributed by atoms with E-state index in [1.807, 2.05) is 25.2 Å². The molecule has 0 amide bonds. The minimum atomic E-state index is 0.0815. The Labute approximate surface area is 112 Å². The summed E-state index contributed by atoms with van der Waals surface area (Å²) in [6.07, 6.45) is 6.14. The highest BCUT2D eigenvalue weighted by molar-refractivity contribution is 5.33. The first kappa shape index (κ1) is 12.1. The van der Waals surface area contributed by atoms with Crippen LogP contribution in [0.3, 0.4) is 0 Å². The second kappa shape index (κ2) is 5.36. The van der Waals surface area contributed by atoms with E-state index in [4.69, 9.17) is 4.74 Å². The normalized spacial score (nSPS) is 16.1. The van der Waals surface area contributed by atoms with E-state index in [0.29, 0.717) is 6.10 Å². The molecule has 1 heterocycles. The summed E-state index contributed by atoms with van der Waals surface area (Å²) >= 11 is 0. The van der Waals surface area contributed by atoms with Crippen molar-refractivity contribution in [3.05, 3.63) is 54.1 Å². The summed E-state index contributed by atoms with van der Waals surface area (Å²) in [5.74, 6) is 0.948. The molecular formula is C15H17N3O. The number of nitrogens with one attached hydrogen (secondary N) is 1. The highest BCUT2D eigenvalue weighted by Gasteiger charge is 2.23. The van der Waals surface area contributed by atoms with E-state index in [1.54, 1.807) is 12.5 Å². The SMILES string of the molecule is CNC(c1ccc(OC2CC2)cc1)c1ccncn1. The Hall–Kier alpha value is -1.94. The van der Waals surface area contributed by atoms with Crippen LogP contribution in [0.15, 0.2) is 42.9 Å². The lowest BCUT2D eigenvalue weighted by atomic mass is 10.0. The zero-order chi connectivity index (χ0) is 13.1. The molecule has 2 aromatic rings. The monoisotopic (exact) mass is 255 g/mol. The molecule has 19 heavy (non-hydrogen) atoms. The standard InChI is InChI=1S/C15H17N3O/c1-16-15(14-8-9-17-10-18-14)11-2-4-12(5-3-11)19-13-6-7-13/h2-5,8-10,13,15-16H,6-7H2,1H3. The maximum Gasteiger partial charge on any atom is 0.119 e. The van der Waals surface area contributed by atoms with Crippen molar-refractivity contribution < 1.29 is 4.74 Å². The van der Waals surface area contributed by atoms with E-state index >= 15 is 0 Å². The predicted octanol–water partition coefficient (Wildman–Crippen LogP) is 2.33. The molecule has 1 aliphatic carbocycles. The van der Waals surface area contributed by atoms with Crippen LogP contribution < -0.4 is 10.1 Å². The second-order valence-electron chi connectivity index (χ2n) is 4.74. The van der Waals surface area contributed by atoms with E-state index in [1.165, 1.54) is 18.4 Å². The first-order valence-corrected chi connectivity index (χ1v) is 6.56. The summed E-state index contributed by atoms with van der Waals surface area (Å²) in [6, 6.07) is 10.2. The Kier molecular flexibility index (Phi) is 3.42. The predicted molar refractivity (Wildman–Crippen MR) is 73.0 cm³/mol. The summed E-state index contributed by atoms with van der Waals surface area (Å²) < 4.78 is 5.75. The van der Waals surface area contributed by atoms with Crippen molar-refractivity contribution in [1.29, 1.82) is 0 Å². The van der Waals surface area contributed by atoms with Gasteiger partial charge in [-0.25, -0.2) is 9.97 Å². The Balaban J connectivity index is 1.79. The van der Waals surface area contributed by atoms with Crippen LogP contribution in [0.5, 0.6) is 5.75 Å². The lowest BCUT2D eigenvalue weighted by molar-refractivity contribution is 0.303. The topological polar surface area (TPSA) is 47.0 Å². The molecule has 1 unspecified atom stereocenters. The van der Waals surface area contributed by atoms with Crippen LogP contribution >= 0.6 is 0 Å². The van der Waals surface area contributed by atoms with E-state index in [-0.39, 0.29) is 6.04 Å². The lowest BCUT2D eigenvalue weighted by Crippen LogP contribution is -2.18. The molecule has 0 aliphatic heterocycles. The first-order valence-electron chi connectivity index (χ1n) is 6.56. The number of hydrogen-bond acceptors (Lipinski definition) is 4. The quantitative estimate of drug-likeness (QED) is 0.890. The zero-order valence-electron chi connectivity index (χ0n) is 10.9. The average molecular weight is 255 g/mol. The lowest BCUT2D eigenvalue weighted by Gasteiger charge is -2.16. The summed E-state index contributed by atoms with van der Waals surface area (Å²) in [5.41, 5.74) is 2.14. The number of aromatic nitrogens is 2. The number of benzene rings is 1. The Morgan fingerprint density at radius 2 is 2.00 bits per heavy atom. The fourth-order valence-electron chi connectivity index (χ4n) is 2.07. The Morgan fingerprint density at radius 3 is 2.58 bits per heavy atom. The molecule has 98 valence electrons. The minimum Gasteiger partial charge on any atom is -0.490 e. The largest absolute Gasteiger partial charge is 0.490 e. The summed E-state index contributed by atoms with van der Waals surface area (Å²) in [4.78, 5) is 8.25. The molecule has 1 N–H and O–H groups in total. The van der Waals surface area contributed by atoms with Gasteiger partial charge in [-0.2, -0.15) is 0 Å². The molecule has 1 aromatic heterocycles. The van der Waals surface area contributed by atoms with Crippen molar-refractivity contribution >= 4 is 0 Å². The van der Waals surface area contributed by atoms with Crippen LogP contribution in [0.4, 0.5) is 0 Å². The smallest absolute Gasteiger partial charge is 0.119 e. The van der Waals surface area contributed by atoms with Gasteiger partial charge in [-0.1, -0.05) is 12.1 Å². The molecule has 1 atom stereocenters. The van der Waals surface area contributed by atoms with Crippen molar-refractivity contribution in [1.82, 2.24) is 15.3 Å². The van der Waals surface area contributed by atoms with Gasteiger partial charge in [0.2, 0.25) is 0 Å².